The molecule has 1 atom stereocenters. The first kappa shape index (κ1) is 19.8. The fraction of sp³-hybridized carbons (Fsp3) is 0.286. The summed E-state index contributed by atoms with van der Waals surface area (Å²) in [5.74, 6) is -0.867. The van der Waals surface area contributed by atoms with Gasteiger partial charge in [-0.2, -0.15) is 13.2 Å². The van der Waals surface area contributed by atoms with E-state index in [9.17, 15) is 22.8 Å². The van der Waals surface area contributed by atoms with Crippen LogP contribution in [-0.4, -0.2) is 34.7 Å². The van der Waals surface area contributed by atoms with Crippen LogP contribution in [0, 0.1) is 5.92 Å². The Morgan fingerprint density at radius 3 is 2.50 bits per heavy atom. The van der Waals surface area contributed by atoms with E-state index in [0.717, 1.165) is 12.1 Å². The first-order valence-electron chi connectivity index (χ1n) is 8.94. The molecular weight excluding hydrogens is 369 g/mol. The lowest BCUT2D eigenvalue weighted by Gasteiger charge is -2.31. The highest BCUT2D eigenvalue weighted by Gasteiger charge is 2.32. The number of benzene rings is 1. The summed E-state index contributed by atoms with van der Waals surface area (Å²) in [6.45, 7) is 0.799. The number of piperidine rings is 1. The van der Waals surface area contributed by atoms with Gasteiger partial charge in [0.1, 0.15) is 0 Å². The van der Waals surface area contributed by atoms with Crippen molar-refractivity contribution >= 4 is 17.8 Å². The van der Waals surface area contributed by atoms with E-state index in [-0.39, 0.29) is 23.8 Å². The molecule has 0 N–H and O–H groups in total. The van der Waals surface area contributed by atoms with Crippen molar-refractivity contribution < 1.29 is 22.8 Å². The van der Waals surface area contributed by atoms with E-state index in [2.05, 4.69) is 4.98 Å². The van der Waals surface area contributed by atoms with Crippen molar-refractivity contribution in [3.05, 3.63) is 71.6 Å². The van der Waals surface area contributed by atoms with Crippen LogP contribution in [0.4, 0.5) is 13.2 Å². The maximum Gasteiger partial charge on any atom is 0.416 e. The Bertz CT molecular complexity index is 861. The van der Waals surface area contributed by atoms with Gasteiger partial charge in [-0.25, -0.2) is 0 Å². The smallest absolute Gasteiger partial charge is 0.338 e. The highest BCUT2D eigenvalue weighted by Crippen LogP contribution is 2.30. The molecule has 28 heavy (non-hydrogen) atoms. The van der Waals surface area contributed by atoms with Crippen LogP contribution < -0.4 is 0 Å². The maximum absolute atomic E-state index is 12.7. The normalized spacial score (nSPS) is 17.7. The van der Waals surface area contributed by atoms with Crippen LogP contribution >= 0.6 is 0 Å². The van der Waals surface area contributed by atoms with Crippen molar-refractivity contribution in [3.8, 4) is 0 Å². The van der Waals surface area contributed by atoms with Crippen molar-refractivity contribution in [2.24, 2.45) is 5.92 Å². The molecule has 1 amide bonds. The number of carbonyl (C=O) groups excluding carboxylic acids is 2. The van der Waals surface area contributed by atoms with Gasteiger partial charge in [-0.15, -0.1) is 0 Å². The molecular formula is C21H19F3N2O2. The monoisotopic (exact) mass is 388 g/mol. The molecule has 3 rings (SSSR count). The average Bonchev–Trinajstić information content (AvgIpc) is 2.72. The van der Waals surface area contributed by atoms with Crippen LogP contribution in [0.15, 0.2) is 54.7 Å². The summed E-state index contributed by atoms with van der Waals surface area (Å²) in [5, 5.41) is 0. The van der Waals surface area contributed by atoms with E-state index in [0.29, 0.717) is 25.1 Å². The minimum Gasteiger partial charge on any atom is -0.338 e. The summed E-state index contributed by atoms with van der Waals surface area (Å²) in [6.07, 6.45) is 1.50. The molecule has 0 saturated carbocycles. The Balaban J connectivity index is 1.64. The molecule has 1 aliphatic rings. The van der Waals surface area contributed by atoms with Gasteiger partial charge in [-0.05, 0) is 43.2 Å². The molecule has 0 spiro atoms. The van der Waals surface area contributed by atoms with Crippen LogP contribution in [0.5, 0.6) is 0 Å². The second-order valence-corrected chi connectivity index (χ2v) is 6.65. The first-order chi connectivity index (χ1) is 13.3. The lowest BCUT2D eigenvalue weighted by Crippen LogP contribution is -2.41. The predicted molar refractivity (Wildman–Crippen MR) is 98.3 cm³/mol. The van der Waals surface area contributed by atoms with Gasteiger partial charge in [0.05, 0.1) is 11.3 Å². The van der Waals surface area contributed by atoms with Crippen LogP contribution in [0.3, 0.4) is 0 Å². The Hall–Kier alpha value is -2.96. The van der Waals surface area contributed by atoms with E-state index in [4.69, 9.17) is 0 Å². The highest BCUT2D eigenvalue weighted by molar-refractivity contribution is 5.99. The number of hydrogen-bond donors (Lipinski definition) is 0. The van der Waals surface area contributed by atoms with E-state index < -0.39 is 17.7 Å². The average molecular weight is 388 g/mol. The molecule has 1 fully saturated rings. The van der Waals surface area contributed by atoms with Gasteiger partial charge in [0.2, 0.25) is 5.91 Å². The molecule has 0 aliphatic carbocycles. The Morgan fingerprint density at radius 2 is 1.86 bits per heavy atom. The molecule has 0 unspecified atom stereocenters. The van der Waals surface area contributed by atoms with Gasteiger partial charge < -0.3 is 4.90 Å². The number of hydrogen-bond acceptors (Lipinski definition) is 3. The Morgan fingerprint density at radius 1 is 1.11 bits per heavy atom. The number of aromatic nitrogens is 1. The van der Waals surface area contributed by atoms with Crippen molar-refractivity contribution in [1.82, 2.24) is 9.88 Å². The molecule has 0 bridgehead atoms. The third-order valence-corrected chi connectivity index (χ3v) is 4.69. The van der Waals surface area contributed by atoms with Crippen LogP contribution in [-0.2, 0) is 11.0 Å². The highest BCUT2D eigenvalue weighted by atomic mass is 19.4. The molecule has 1 aromatic carbocycles. The second-order valence-electron chi connectivity index (χ2n) is 6.65. The van der Waals surface area contributed by atoms with Crippen molar-refractivity contribution in [2.75, 3.05) is 13.1 Å². The minimum absolute atomic E-state index is 0.212. The number of nitrogens with zero attached hydrogens (tertiary/aromatic N) is 2. The number of halogens is 3. The fourth-order valence-electron chi connectivity index (χ4n) is 3.19. The topological polar surface area (TPSA) is 50.3 Å². The molecule has 2 heterocycles. The van der Waals surface area contributed by atoms with E-state index in [1.54, 1.807) is 29.3 Å². The standard InChI is InChI=1S/C21H19F3N2O2/c22-21(23,24)17-8-6-15(7-9-17)20(28)16-4-3-13-26(14-16)19(27)11-10-18-5-1-2-12-25-18/h1-2,5-12,16H,3-4,13-14H2/b11-10+/t16-/m0/s1. The van der Waals surface area contributed by atoms with E-state index in [1.165, 1.54) is 18.2 Å². The summed E-state index contributed by atoms with van der Waals surface area (Å²) in [7, 11) is 0. The number of amides is 1. The minimum atomic E-state index is -4.43. The molecule has 1 aromatic heterocycles. The van der Waals surface area contributed by atoms with Gasteiger partial charge in [0, 0.05) is 36.8 Å². The van der Waals surface area contributed by atoms with Gasteiger partial charge in [-0.3, -0.25) is 14.6 Å². The molecule has 2 aromatic rings. The molecule has 7 heteroatoms. The third-order valence-electron chi connectivity index (χ3n) is 4.69. The maximum atomic E-state index is 12.7. The Kier molecular flexibility index (Phi) is 5.92. The number of pyridine rings is 1. The number of carbonyl (C=O) groups is 2. The molecule has 146 valence electrons. The number of ketones is 1. The predicted octanol–water partition coefficient (Wildman–Crippen LogP) is 4.24. The summed E-state index contributed by atoms with van der Waals surface area (Å²) in [4.78, 5) is 30.8. The zero-order valence-electron chi connectivity index (χ0n) is 15.0. The third kappa shape index (κ3) is 4.85. The van der Waals surface area contributed by atoms with Gasteiger partial charge in [-0.1, -0.05) is 18.2 Å². The van der Waals surface area contributed by atoms with Crippen molar-refractivity contribution in [3.63, 3.8) is 0 Å². The zero-order chi connectivity index (χ0) is 20.1. The summed E-state index contributed by atoms with van der Waals surface area (Å²) < 4.78 is 38.0. The van der Waals surface area contributed by atoms with Gasteiger partial charge in [0.15, 0.2) is 5.78 Å². The largest absolute Gasteiger partial charge is 0.416 e. The summed E-state index contributed by atoms with van der Waals surface area (Å²) in [6, 6.07) is 9.60. The van der Waals surface area contributed by atoms with E-state index >= 15 is 0 Å². The van der Waals surface area contributed by atoms with E-state index in [1.807, 2.05) is 6.07 Å². The SMILES string of the molecule is O=C(c1ccc(C(F)(F)F)cc1)[C@H]1CCCN(C(=O)/C=C/c2ccccn2)C1. The fourth-order valence-corrected chi connectivity index (χ4v) is 3.19. The zero-order valence-corrected chi connectivity index (χ0v) is 15.0. The first-order valence-corrected chi connectivity index (χ1v) is 8.94. The molecule has 1 saturated heterocycles. The molecule has 4 nitrogen and oxygen atoms in total. The Labute approximate surface area is 160 Å². The van der Waals surface area contributed by atoms with Crippen LogP contribution in [0.25, 0.3) is 6.08 Å². The molecule has 0 radical (unpaired) electrons. The lowest BCUT2D eigenvalue weighted by molar-refractivity contribution is -0.137. The van der Waals surface area contributed by atoms with Crippen LogP contribution in [0.2, 0.25) is 0 Å². The van der Waals surface area contributed by atoms with Crippen LogP contribution in [0.1, 0.15) is 34.5 Å². The number of likely N-dealkylation sites (tertiary alicyclic amines) is 1. The number of alkyl halides is 3. The second kappa shape index (κ2) is 8.37. The number of rotatable bonds is 4. The van der Waals surface area contributed by atoms with Crippen molar-refractivity contribution in [2.45, 2.75) is 19.0 Å². The lowest BCUT2D eigenvalue weighted by atomic mass is 9.89. The number of Topliss-reactive ketones (excluding diaryl/α,β-unsaturated/α-hetero) is 1. The quantitative estimate of drug-likeness (QED) is 0.582. The molecule has 1 aliphatic heterocycles. The summed E-state index contributed by atoms with van der Waals surface area (Å²) in [5.41, 5.74) is 0.103. The van der Waals surface area contributed by atoms with Crippen molar-refractivity contribution in [1.29, 1.82) is 0 Å². The van der Waals surface area contributed by atoms with Gasteiger partial charge in [0.25, 0.3) is 0 Å². The summed E-state index contributed by atoms with van der Waals surface area (Å²) >= 11 is 0. The van der Waals surface area contributed by atoms with Gasteiger partial charge >= 0.3 is 6.18 Å².